The number of alkyl halides is 2. The predicted octanol–water partition coefficient (Wildman–Crippen LogP) is 4.22. The van der Waals surface area contributed by atoms with Crippen molar-refractivity contribution in [3.05, 3.63) is 0 Å². The fourth-order valence-corrected chi connectivity index (χ4v) is 2.01. The lowest BCUT2D eigenvalue weighted by Gasteiger charge is -2.02. The van der Waals surface area contributed by atoms with Crippen LogP contribution in [0.15, 0.2) is 0 Å². The molecule has 0 fully saturated rings. The minimum absolute atomic E-state index is 0.291. The van der Waals surface area contributed by atoms with Gasteiger partial charge in [-0.1, -0.05) is 64.0 Å². The lowest BCUT2D eigenvalue weighted by molar-refractivity contribution is 0.254. The third kappa shape index (κ3) is 12.9. The molecular formula is C10H20Br2O. The van der Waals surface area contributed by atoms with Gasteiger partial charge in [-0.2, -0.15) is 0 Å². The number of hydrogen-bond acceptors (Lipinski definition) is 1. The van der Waals surface area contributed by atoms with Crippen LogP contribution >= 0.6 is 31.9 Å². The van der Waals surface area contributed by atoms with E-state index in [0.717, 1.165) is 18.2 Å². The first kappa shape index (κ1) is 13.9. The van der Waals surface area contributed by atoms with E-state index < -0.39 is 0 Å². The Bertz CT molecular complexity index is 96.9. The molecule has 0 aliphatic heterocycles. The topological polar surface area (TPSA) is 20.2 Å². The maximum absolute atomic E-state index is 8.94. The Labute approximate surface area is 98.6 Å². The average molecular weight is 316 g/mol. The normalized spacial score (nSPS) is 13.2. The van der Waals surface area contributed by atoms with Gasteiger partial charge in [-0.3, -0.25) is 0 Å². The highest BCUT2D eigenvalue weighted by Gasteiger charge is 1.96. The van der Waals surface area contributed by atoms with Crippen LogP contribution in [0.25, 0.3) is 0 Å². The first-order chi connectivity index (χ1) is 6.27. The van der Waals surface area contributed by atoms with Gasteiger partial charge in [0.1, 0.15) is 5.01 Å². The first-order valence-corrected chi connectivity index (χ1v) is 7.19. The van der Waals surface area contributed by atoms with E-state index >= 15 is 0 Å². The molecule has 13 heavy (non-hydrogen) atoms. The monoisotopic (exact) mass is 314 g/mol. The smallest absolute Gasteiger partial charge is 0.109 e. The van der Waals surface area contributed by atoms with E-state index in [9.17, 15) is 0 Å². The average Bonchev–Trinajstić information content (AvgIpc) is 2.09. The van der Waals surface area contributed by atoms with E-state index in [4.69, 9.17) is 5.11 Å². The Morgan fingerprint density at radius 2 is 1.31 bits per heavy atom. The first-order valence-electron chi connectivity index (χ1n) is 5.15. The molecule has 80 valence electrons. The van der Waals surface area contributed by atoms with Gasteiger partial charge in [-0.15, -0.1) is 0 Å². The molecule has 1 N–H and O–H groups in total. The molecule has 0 aromatic carbocycles. The van der Waals surface area contributed by atoms with Gasteiger partial charge in [0.05, 0.1) is 0 Å². The second kappa shape index (κ2) is 11.0. The van der Waals surface area contributed by atoms with E-state index in [2.05, 4.69) is 31.9 Å². The van der Waals surface area contributed by atoms with Gasteiger partial charge >= 0.3 is 0 Å². The molecule has 0 heterocycles. The summed E-state index contributed by atoms with van der Waals surface area (Å²) < 4.78 is 0. The number of aliphatic hydroxyl groups excluding tert-OH is 1. The largest absolute Gasteiger partial charge is 0.382 e. The molecule has 0 aromatic heterocycles. The molecule has 0 rings (SSSR count). The fraction of sp³-hybridized carbons (Fsp3) is 1.00. The van der Waals surface area contributed by atoms with Gasteiger partial charge in [0.25, 0.3) is 0 Å². The summed E-state index contributed by atoms with van der Waals surface area (Å²) in [7, 11) is 0. The Morgan fingerprint density at radius 3 is 1.77 bits per heavy atom. The molecule has 0 aliphatic carbocycles. The van der Waals surface area contributed by atoms with E-state index in [1.54, 1.807) is 0 Å². The molecule has 1 unspecified atom stereocenters. The van der Waals surface area contributed by atoms with Crippen LogP contribution in [0.1, 0.15) is 51.4 Å². The van der Waals surface area contributed by atoms with Crippen LogP contribution in [-0.4, -0.2) is 15.4 Å². The molecule has 1 atom stereocenters. The highest BCUT2D eigenvalue weighted by atomic mass is 79.9. The fourth-order valence-electron chi connectivity index (χ4n) is 1.29. The number of hydrogen-bond donors (Lipinski definition) is 1. The molecule has 0 bridgehead atoms. The number of rotatable bonds is 9. The number of halogens is 2. The molecule has 0 aliphatic rings. The summed E-state index contributed by atoms with van der Waals surface area (Å²) in [5, 5.41) is 9.79. The maximum atomic E-state index is 8.94. The van der Waals surface area contributed by atoms with Crippen molar-refractivity contribution in [3.63, 3.8) is 0 Å². The maximum Gasteiger partial charge on any atom is 0.109 e. The molecule has 0 radical (unpaired) electrons. The van der Waals surface area contributed by atoms with Crippen LogP contribution in [0.4, 0.5) is 0 Å². The van der Waals surface area contributed by atoms with Gasteiger partial charge in [-0.25, -0.2) is 0 Å². The van der Waals surface area contributed by atoms with Crippen molar-refractivity contribution in [2.75, 3.05) is 5.33 Å². The van der Waals surface area contributed by atoms with Gasteiger partial charge < -0.3 is 5.11 Å². The summed E-state index contributed by atoms with van der Waals surface area (Å²) >= 11 is 6.55. The minimum Gasteiger partial charge on any atom is -0.382 e. The van der Waals surface area contributed by atoms with Crippen LogP contribution in [0.3, 0.4) is 0 Å². The van der Waals surface area contributed by atoms with Crippen LogP contribution in [0, 0.1) is 0 Å². The quantitative estimate of drug-likeness (QED) is 0.499. The zero-order valence-electron chi connectivity index (χ0n) is 8.14. The van der Waals surface area contributed by atoms with Crippen LogP contribution in [-0.2, 0) is 0 Å². The summed E-state index contributed by atoms with van der Waals surface area (Å²) in [4.78, 5) is 0. The zero-order valence-corrected chi connectivity index (χ0v) is 11.3. The van der Waals surface area contributed by atoms with Crippen LogP contribution in [0.5, 0.6) is 0 Å². The molecule has 0 saturated carbocycles. The van der Waals surface area contributed by atoms with E-state index in [0.29, 0.717) is 0 Å². The Hall–Kier alpha value is 0.920. The minimum atomic E-state index is -0.291. The third-order valence-electron chi connectivity index (χ3n) is 2.08. The SMILES string of the molecule is OC(Br)CCCCCCCCCBr. The standard InChI is InChI=1S/C10H20Br2O/c11-9-7-5-3-1-2-4-6-8-10(12)13/h10,13H,1-9H2. The van der Waals surface area contributed by atoms with Crippen molar-refractivity contribution < 1.29 is 5.11 Å². The number of aliphatic hydroxyl groups is 1. The van der Waals surface area contributed by atoms with Crippen LogP contribution in [0.2, 0.25) is 0 Å². The van der Waals surface area contributed by atoms with Crippen molar-refractivity contribution in [1.29, 1.82) is 0 Å². The zero-order chi connectivity index (χ0) is 9.94. The Kier molecular flexibility index (Phi) is 11.8. The van der Waals surface area contributed by atoms with E-state index in [1.165, 1.54) is 38.5 Å². The summed E-state index contributed by atoms with van der Waals surface area (Å²) in [5.41, 5.74) is 0. The summed E-state index contributed by atoms with van der Waals surface area (Å²) in [5.74, 6) is 0. The number of unbranched alkanes of at least 4 members (excludes halogenated alkanes) is 6. The lowest BCUT2D eigenvalue weighted by Crippen LogP contribution is -1.93. The Morgan fingerprint density at radius 1 is 0.846 bits per heavy atom. The highest BCUT2D eigenvalue weighted by molar-refractivity contribution is 9.09. The Balaban J connectivity index is 2.84. The highest BCUT2D eigenvalue weighted by Crippen LogP contribution is 2.11. The molecule has 3 heteroatoms. The molecule has 0 amide bonds. The van der Waals surface area contributed by atoms with Gasteiger partial charge in [-0.05, 0) is 19.3 Å². The second-order valence-electron chi connectivity index (χ2n) is 3.39. The second-order valence-corrected chi connectivity index (χ2v) is 5.24. The summed E-state index contributed by atoms with van der Waals surface area (Å²) in [6.07, 6.45) is 9.99. The summed E-state index contributed by atoms with van der Waals surface area (Å²) in [6, 6.07) is 0. The third-order valence-corrected chi connectivity index (χ3v) is 3.09. The molecule has 0 saturated heterocycles. The van der Waals surface area contributed by atoms with Gasteiger partial charge in [0.2, 0.25) is 0 Å². The van der Waals surface area contributed by atoms with Gasteiger partial charge in [0.15, 0.2) is 0 Å². The van der Waals surface area contributed by atoms with Crippen molar-refractivity contribution in [3.8, 4) is 0 Å². The molecule has 0 aromatic rings. The van der Waals surface area contributed by atoms with E-state index in [-0.39, 0.29) is 5.01 Å². The lowest BCUT2D eigenvalue weighted by atomic mass is 10.1. The molecular weight excluding hydrogens is 296 g/mol. The molecule has 1 nitrogen and oxygen atoms in total. The summed E-state index contributed by atoms with van der Waals surface area (Å²) in [6.45, 7) is 0. The molecule has 0 spiro atoms. The van der Waals surface area contributed by atoms with Crippen LogP contribution < -0.4 is 0 Å². The van der Waals surface area contributed by atoms with Gasteiger partial charge in [0, 0.05) is 5.33 Å². The predicted molar refractivity (Wildman–Crippen MR) is 65.7 cm³/mol. The van der Waals surface area contributed by atoms with E-state index in [1.807, 2.05) is 0 Å². The van der Waals surface area contributed by atoms with Crippen molar-refractivity contribution in [2.45, 2.75) is 56.4 Å². The van der Waals surface area contributed by atoms with Crippen molar-refractivity contribution in [1.82, 2.24) is 0 Å². The van der Waals surface area contributed by atoms with Crippen molar-refractivity contribution in [2.24, 2.45) is 0 Å². The van der Waals surface area contributed by atoms with Crippen molar-refractivity contribution >= 4 is 31.9 Å².